The zero-order chi connectivity index (χ0) is 12.4. The molecule has 3 N–H and O–H groups in total. The van der Waals surface area contributed by atoms with E-state index in [4.69, 9.17) is 9.84 Å². The first-order valence-electron chi connectivity index (χ1n) is 5.36. The maximum atomic E-state index is 8.95. The van der Waals surface area contributed by atoms with E-state index >= 15 is 0 Å². The number of nitrogens with zero attached hydrogens (tertiary/aromatic N) is 2. The molecule has 3 rings (SSSR count). The summed E-state index contributed by atoms with van der Waals surface area (Å²) in [6.07, 6.45) is 0. The van der Waals surface area contributed by atoms with Crippen LogP contribution in [0, 0.1) is 0 Å². The van der Waals surface area contributed by atoms with E-state index in [2.05, 4.69) is 21.1 Å². The molecular weight excluding hydrogens is 232 g/mol. The molecule has 6 heteroatoms. The number of benzene rings is 2. The molecule has 0 saturated heterocycles. The number of anilines is 3. The van der Waals surface area contributed by atoms with Gasteiger partial charge in [-0.2, -0.15) is 0 Å². The summed E-state index contributed by atoms with van der Waals surface area (Å²) >= 11 is 0. The predicted molar refractivity (Wildman–Crippen MR) is 66.9 cm³/mol. The maximum absolute atomic E-state index is 8.95. The highest BCUT2D eigenvalue weighted by Crippen LogP contribution is 2.28. The number of nitrogens with one attached hydrogen (secondary N) is 2. The summed E-state index contributed by atoms with van der Waals surface area (Å²) in [6, 6.07) is 13.2. The van der Waals surface area contributed by atoms with Crippen molar-refractivity contribution in [2.24, 2.45) is 0 Å². The molecule has 0 radical (unpaired) electrons. The van der Waals surface area contributed by atoms with Crippen molar-refractivity contribution >= 4 is 28.1 Å². The van der Waals surface area contributed by atoms with Crippen LogP contribution in [0.2, 0.25) is 0 Å². The predicted octanol–water partition coefficient (Wildman–Crippen LogP) is 2.77. The Morgan fingerprint density at radius 2 is 1.56 bits per heavy atom. The highest BCUT2D eigenvalue weighted by Gasteiger charge is 2.11. The first-order chi connectivity index (χ1) is 8.88. The van der Waals surface area contributed by atoms with Crippen LogP contribution in [0.1, 0.15) is 0 Å². The molecule has 1 aromatic heterocycles. The summed E-state index contributed by atoms with van der Waals surface area (Å²) in [5.74, 6) is 0. The molecule has 1 heterocycles. The normalized spacial score (nSPS) is 10.5. The number of hydrogen-bond acceptors (Lipinski definition) is 6. The van der Waals surface area contributed by atoms with Crippen LogP contribution in [0.3, 0.4) is 0 Å². The molecule has 3 aromatic rings. The zero-order valence-electron chi connectivity index (χ0n) is 9.29. The van der Waals surface area contributed by atoms with Crippen LogP contribution >= 0.6 is 0 Å². The minimum absolute atomic E-state index is 0.449. The van der Waals surface area contributed by atoms with Crippen molar-refractivity contribution < 1.29 is 9.84 Å². The summed E-state index contributed by atoms with van der Waals surface area (Å²) < 4.78 is 4.69. The van der Waals surface area contributed by atoms with Gasteiger partial charge in [0.1, 0.15) is 0 Å². The van der Waals surface area contributed by atoms with Gasteiger partial charge >= 0.3 is 0 Å². The number of hydrogen-bond donors (Lipinski definition) is 3. The van der Waals surface area contributed by atoms with Gasteiger partial charge in [0.05, 0.1) is 11.4 Å². The van der Waals surface area contributed by atoms with Crippen LogP contribution in [-0.2, 0) is 0 Å². The van der Waals surface area contributed by atoms with E-state index in [-0.39, 0.29) is 0 Å². The SMILES string of the molecule is ONc1ccc(Nc2ccccc2)c2nonc12. The Morgan fingerprint density at radius 1 is 0.889 bits per heavy atom. The first kappa shape index (κ1) is 10.5. The average molecular weight is 242 g/mol. The van der Waals surface area contributed by atoms with Crippen LogP contribution in [0.25, 0.3) is 11.0 Å². The van der Waals surface area contributed by atoms with E-state index in [0.29, 0.717) is 16.7 Å². The molecule has 0 amide bonds. The van der Waals surface area contributed by atoms with Crippen LogP contribution in [0.5, 0.6) is 0 Å². The van der Waals surface area contributed by atoms with Crippen molar-refractivity contribution in [1.82, 2.24) is 10.3 Å². The summed E-state index contributed by atoms with van der Waals surface area (Å²) in [7, 11) is 0. The lowest BCUT2D eigenvalue weighted by atomic mass is 10.2. The molecule has 0 spiro atoms. The van der Waals surface area contributed by atoms with E-state index < -0.39 is 0 Å². The Bertz CT molecular complexity index is 666. The van der Waals surface area contributed by atoms with Gasteiger partial charge in [-0.05, 0) is 34.6 Å². The second-order valence-corrected chi connectivity index (χ2v) is 3.72. The Balaban J connectivity index is 2.05. The molecule has 18 heavy (non-hydrogen) atoms. The highest BCUT2D eigenvalue weighted by molar-refractivity contribution is 5.96. The standard InChI is InChI=1S/C12H10N4O2/c17-14-10-7-6-9(11-12(10)16-18-15-11)13-8-4-2-1-3-5-8/h1-7,13-14,17H. The Morgan fingerprint density at radius 3 is 2.28 bits per heavy atom. The van der Waals surface area contributed by atoms with Gasteiger partial charge < -0.3 is 5.32 Å². The van der Waals surface area contributed by atoms with Gasteiger partial charge in [-0.15, -0.1) is 0 Å². The summed E-state index contributed by atoms with van der Waals surface area (Å²) in [5.41, 5.74) is 5.23. The Labute approximate surface area is 102 Å². The second kappa shape index (κ2) is 4.34. The van der Waals surface area contributed by atoms with Crippen molar-refractivity contribution in [1.29, 1.82) is 0 Å². The molecule has 6 nitrogen and oxygen atoms in total. The van der Waals surface area contributed by atoms with Gasteiger partial charge in [0.2, 0.25) is 0 Å². The molecule has 2 aromatic carbocycles. The van der Waals surface area contributed by atoms with Gasteiger partial charge in [-0.25, -0.2) is 4.63 Å². The lowest BCUT2D eigenvalue weighted by molar-refractivity contribution is 0.315. The van der Waals surface area contributed by atoms with Crippen molar-refractivity contribution in [2.45, 2.75) is 0 Å². The third kappa shape index (κ3) is 1.74. The van der Waals surface area contributed by atoms with Crippen LogP contribution < -0.4 is 10.8 Å². The number of fused-ring (bicyclic) bond motifs is 1. The van der Waals surface area contributed by atoms with Crippen molar-refractivity contribution in [3.05, 3.63) is 42.5 Å². The topological polar surface area (TPSA) is 83.2 Å². The van der Waals surface area contributed by atoms with Gasteiger partial charge in [-0.1, -0.05) is 18.2 Å². The summed E-state index contributed by atoms with van der Waals surface area (Å²) in [4.78, 5) is 0. The van der Waals surface area contributed by atoms with E-state index in [0.717, 1.165) is 11.4 Å². The largest absolute Gasteiger partial charge is 0.354 e. The Kier molecular flexibility index (Phi) is 2.54. The molecular formula is C12H10N4O2. The monoisotopic (exact) mass is 242 g/mol. The smallest absolute Gasteiger partial charge is 0.162 e. The number of aromatic nitrogens is 2. The molecule has 0 unspecified atom stereocenters. The number of para-hydroxylation sites is 1. The first-order valence-corrected chi connectivity index (χ1v) is 5.36. The third-order valence-corrected chi connectivity index (χ3v) is 2.59. The van der Waals surface area contributed by atoms with Crippen molar-refractivity contribution in [3.8, 4) is 0 Å². The zero-order valence-corrected chi connectivity index (χ0v) is 9.29. The summed E-state index contributed by atoms with van der Waals surface area (Å²) in [6.45, 7) is 0. The van der Waals surface area contributed by atoms with Gasteiger partial charge in [-0.3, -0.25) is 10.7 Å². The molecule has 0 atom stereocenters. The van der Waals surface area contributed by atoms with Gasteiger partial charge in [0, 0.05) is 5.69 Å². The van der Waals surface area contributed by atoms with E-state index in [1.165, 1.54) is 0 Å². The van der Waals surface area contributed by atoms with Crippen LogP contribution in [0.15, 0.2) is 47.1 Å². The second-order valence-electron chi connectivity index (χ2n) is 3.72. The van der Waals surface area contributed by atoms with E-state index in [1.54, 1.807) is 12.1 Å². The fourth-order valence-electron chi connectivity index (χ4n) is 1.73. The van der Waals surface area contributed by atoms with Crippen LogP contribution in [-0.4, -0.2) is 15.5 Å². The molecule has 0 bridgehead atoms. The van der Waals surface area contributed by atoms with Gasteiger partial charge in [0.15, 0.2) is 11.0 Å². The average Bonchev–Trinajstić information content (AvgIpc) is 2.90. The van der Waals surface area contributed by atoms with E-state index in [9.17, 15) is 0 Å². The molecule has 90 valence electrons. The molecule has 0 aliphatic rings. The molecule has 0 aliphatic carbocycles. The molecule has 0 saturated carbocycles. The maximum Gasteiger partial charge on any atom is 0.162 e. The molecule has 0 aliphatic heterocycles. The minimum atomic E-state index is 0.449. The van der Waals surface area contributed by atoms with E-state index in [1.807, 2.05) is 30.3 Å². The lowest BCUT2D eigenvalue weighted by Crippen LogP contribution is -1.94. The van der Waals surface area contributed by atoms with Crippen molar-refractivity contribution in [3.63, 3.8) is 0 Å². The third-order valence-electron chi connectivity index (χ3n) is 2.59. The van der Waals surface area contributed by atoms with Crippen molar-refractivity contribution in [2.75, 3.05) is 10.8 Å². The minimum Gasteiger partial charge on any atom is -0.354 e. The van der Waals surface area contributed by atoms with Crippen LogP contribution in [0.4, 0.5) is 17.1 Å². The highest BCUT2D eigenvalue weighted by atomic mass is 16.6. The molecule has 0 fully saturated rings. The number of rotatable bonds is 3. The fraction of sp³-hybridized carbons (Fsp3) is 0. The summed E-state index contributed by atoms with van der Waals surface area (Å²) in [5, 5.41) is 19.7. The Hall–Kier alpha value is -2.60. The van der Waals surface area contributed by atoms with Gasteiger partial charge in [0.25, 0.3) is 0 Å². The quantitative estimate of drug-likeness (QED) is 0.612. The fourth-order valence-corrected chi connectivity index (χ4v) is 1.73. The lowest BCUT2D eigenvalue weighted by Gasteiger charge is -2.07.